The van der Waals surface area contributed by atoms with E-state index in [1.54, 1.807) is 7.11 Å². The van der Waals surface area contributed by atoms with Gasteiger partial charge >= 0.3 is 0 Å². The quantitative estimate of drug-likeness (QED) is 0.840. The molecule has 0 saturated carbocycles. The summed E-state index contributed by atoms with van der Waals surface area (Å²) in [6.45, 7) is 4.51. The van der Waals surface area contributed by atoms with Gasteiger partial charge in [-0.1, -0.05) is 6.92 Å². The van der Waals surface area contributed by atoms with Gasteiger partial charge in [0.1, 0.15) is 11.2 Å². The fourth-order valence-corrected chi connectivity index (χ4v) is 3.19. The third-order valence-electron chi connectivity index (χ3n) is 4.20. The van der Waals surface area contributed by atoms with Crippen molar-refractivity contribution in [2.24, 2.45) is 0 Å². The van der Waals surface area contributed by atoms with Crippen molar-refractivity contribution in [2.75, 3.05) is 23.9 Å². The standard InChI is InChI=1S/C13H17ClN4O2/c1-4-8-9-10(17-12(14)15-8)18-6-7(20-3)5-13(18,2)11(19)16-9/h7H,4-6H2,1-3H3,(H,16,19). The second kappa shape index (κ2) is 4.56. The predicted octanol–water partition coefficient (Wildman–Crippen LogP) is 1.63. The van der Waals surface area contributed by atoms with Gasteiger partial charge in [0.25, 0.3) is 0 Å². The summed E-state index contributed by atoms with van der Waals surface area (Å²) in [5.74, 6) is 0.661. The highest BCUT2D eigenvalue weighted by Gasteiger charge is 2.52. The van der Waals surface area contributed by atoms with E-state index in [2.05, 4.69) is 15.3 Å². The molecule has 2 aliphatic heterocycles. The minimum absolute atomic E-state index is 0.00974. The highest BCUT2D eigenvalue weighted by molar-refractivity contribution is 6.28. The Morgan fingerprint density at radius 3 is 2.95 bits per heavy atom. The molecule has 3 heterocycles. The van der Waals surface area contributed by atoms with Gasteiger partial charge in [-0.15, -0.1) is 0 Å². The van der Waals surface area contributed by atoms with E-state index >= 15 is 0 Å². The summed E-state index contributed by atoms with van der Waals surface area (Å²) >= 11 is 6.01. The van der Waals surface area contributed by atoms with Crippen LogP contribution in [-0.4, -0.2) is 41.2 Å². The lowest BCUT2D eigenvalue weighted by molar-refractivity contribution is -0.121. The Morgan fingerprint density at radius 1 is 1.55 bits per heavy atom. The molecule has 2 unspecified atom stereocenters. The molecule has 20 heavy (non-hydrogen) atoms. The van der Waals surface area contributed by atoms with E-state index in [9.17, 15) is 4.79 Å². The molecule has 0 aliphatic carbocycles. The number of anilines is 2. The number of methoxy groups -OCH3 is 1. The number of rotatable bonds is 2. The molecular formula is C13H17ClN4O2. The fraction of sp³-hybridized carbons (Fsp3) is 0.615. The minimum atomic E-state index is -0.642. The summed E-state index contributed by atoms with van der Waals surface area (Å²) in [5, 5.41) is 3.15. The number of aryl methyl sites for hydroxylation is 1. The van der Waals surface area contributed by atoms with Gasteiger partial charge in [0, 0.05) is 20.1 Å². The van der Waals surface area contributed by atoms with E-state index < -0.39 is 5.54 Å². The van der Waals surface area contributed by atoms with Crippen LogP contribution in [0.25, 0.3) is 0 Å². The number of carbonyl (C=O) groups is 1. The van der Waals surface area contributed by atoms with Crippen LogP contribution < -0.4 is 10.2 Å². The third-order valence-corrected chi connectivity index (χ3v) is 4.37. The van der Waals surface area contributed by atoms with Gasteiger partial charge in [0.05, 0.1) is 11.8 Å². The first-order valence-corrected chi connectivity index (χ1v) is 7.05. The number of ether oxygens (including phenoxy) is 1. The van der Waals surface area contributed by atoms with Crippen molar-refractivity contribution in [2.45, 2.75) is 38.3 Å². The van der Waals surface area contributed by atoms with E-state index in [1.165, 1.54) is 0 Å². The van der Waals surface area contributed by atoms with Gasteiger partial charge in [0.15, 0.2) is 5.82 Å². The predicted molar refractivity (Wildman–Crippen MR) is 76.2 cm³/mol. The molecule has 0 radical (unpaired) electrons. The zero-order chi connectivity index (χ0) is 14.5. The van der Waals surface area contributed by atoms with Crippen LogP contribution in [0.15, 0.2) is 0 Å². The Kier molecular flexibility index (Phi) is 3.10. The molecule has 7 heteroatoms. The Hall–Kier alpha value is -1.40. The number of nitrogens with zero attached hydrogens (tertiary/aromatic N) is 3. The van der Waals surface area contributed by atoms with Crippen molar-refractivity contribution in [3.05, 3.63) is 11.0 Å². The minimum Gasteiger partial charge on any atom is -0.380 e. The van der Waals surface area contributed by atoms with E-state index in [1.807, 2.05) is 18.7 Å². The van der Waals surface area contributed by atoms with E-state index in [4.69, 9.17) is 16.3 Å². The zero-order valence-corrected chi connectivity index (χ0v) is 12.5. The molecule has 3 rings (SSSR count). The lowest BCUT2D eigenvalue weighted by Gasteiger charge is -2.39. The Balaban J connectivity index is 2.15. The van der Waals surface area contributed by atoms with Crippen LogP contribution >= 0.6 is 11.6 Å². The van der Waals surface area contributed by atoms with Gasteiger partial charge in [-0.2, -0.15) is 4.98 Å². The molecule has 2 aliphatic rings. The number of aromatic nitrogens is 2. The fourth-order valence-electron chi connectivity index (χ4n) is 3.01. The SMILES string of the molecule is CCc1nc(Cl)nc2c1NC(=O)C1(C)CC(OC)CN21. The number of hydrogen-bond donors (Lipinski definition) is 1. The molecule has 1 saturated heterocycles. The van der Waals surface area contributed by atoms with Gasteiger partial charge in [-0.05, 0) is 24.9 Å². The summed E-state index contributed by atoms with van der Waals surface area (Å²) in [7, 11) is 1.66. The zero-order valence-electron chi connectivity index (χ0n) is 11.7. The molecule has 1 aromatic heterocycles. The number of amides is 1. The number of carbonyl (C=O) groups excluding carboxylic acids is 1. The van der Waals surface area contributed by atoms with E-state index in [-0.39, 0.29) is 17.3 Å². The van der Waals surface area contributed by atoms with Crippen LogP contribution in [0.1, 0.15) is 26.0 Å². The molecule has 1 aromatic rings. The van der Waals surface area contributed by atoms with Gasteiger partial charge in [-0.25, -0.2) is 4.98 Å². The summed E-state index contributed by atoms with van der Waals surface area (Å²) in [6.07, 6.45) is 1.33. The van der Waals surface area contributed by atoms with Crippen molar-refractivity contribution < 1.29 is 9.53 Å². The Morgan fingerprint density at radius 2 is 2.30 bits per heavy atom. The smallest absolute Gasteiger partial charge is 0.250 e. The maximum absolute atomic E-state index is 12.5. The maximum atomic E-state index is 12.5. The van der Waals surface area contributed by atoms with Crippen LogP contribution in [0, 0.1) is 0 Å². The molecule has 1 amide bonds. The number of fused-ring (bicyclic) bond motifs is 3. The highest BCUT2D eigenvalue weighted by atomic mass is 35.5. The first kappa shape index (κ1) is 13.6. The van der Waals surface area contributed by atoms with Crippen molar-refractivity contribution in [3.63, 3.8) is 0 Å². The van der Waals surface area contributed by atoms with Crippen LogP contribution in [0.3, 0.4) is 0 Å². The first-order valence-electron chi connectivity index (χ1n) is 6.68. The van der Waals surface area contributed by atoms with Crippen molar-refractivity contribution >= 4 is 29.0 Å². The molecule has 0 bridgehead atoms. The molecule has 0 aromatic carbocycles. The van der Waals surface area contributed by atoms with Gasteiger partial charge < -0.3 is 15.0 Å². The van der Waals surface area contributed by atoms with Crippen LogP contribution in [0.4, 0.5) is 11.5 Å². The van der Waals surface area contributed by atoms with Gasteiger partial charge in [-0.3, -0.25) is 4.79 Å². The topological polar surface area (TPSA) is 67.3 Å². The molecule has 1 fully saturated rings. The number of hydrogen-bond acceptors (Lipinski definition) is 5. The number of halogens is 1. The molecule has 2 atom stereocenters. The third kappa shape index (κ3) is 1.78. The lowest BCUT2D eigenvalue weighted by Crippen LogP contribution is -2.54. The van der Waals surface area contributed by atoms with Crippen LogP contribution in [0.2, 0.25) is 5.28 Å². The monoisotopic (exact) mass is 296 g/mol. The van der Waals surface area contributed by atoms with Crippen LogP contribution in [0.5, 0.6) is 0 Å². The first-order chi connectivity index (χ1) is 9.49. The molecule has 0 spiro atoms. The van der Waals surface area contributed by atoms with Crippen molar-refractivity contribution in [1.29, 1.82) is 0 Å². The molecule has 108 valence electrons. The highest BCUT2D eigenvalue weighted by Crippen LogP contribution is 2.43. The molecule has 1 N–H and O–H groups in total. The average Bonchev–Trinajstić information content (AvgIpc) is 2.78. The van der Waals surface area contributed by atoms with Crippen LogP contribution in [-0.2, 0) is 16.0 Å². The summed E-state index contributed by atoms with van der Waals surface area (Å²) in [6, 6.07) is 0. The summed E-state index contributed by atoms with van der Waals surface area (Å²) in [5.41, 5.74) is 0.795. The molecular weight excluding hydrogens is 280 g/mol. The van der Waals surface area contributed by atoms with E-state index in [0.717, 1.165) is 5.69 Å². The van der Waals surface area contributed by atoms with E-state index in [0.29, 0.717) is 30.9 Å². The largest absolute Gasteiger partial charge is 0.380 e. The maximum Gasteiger partial charge on any atom is 0.250 e. The second-order valence-electron chi connectivity index (χ2n) is 5.39. The number of nitrogens with one attached hydrogen (secondary N) is 1. The molecule has 6 nitrogen and oxygen atoms in total. The second-order valence-corrected chi connectivity index (χ2v) is 5.73. The van der Waals surface area contributed by atoms with Crippen molar-refractivity contribution in [1.82, 2.24) is 9.97 Å². The Bertz CT molecular complexity index is 580. The van der Waals surface area contributed by atoms with Crippen molar-refractivity contribution in [3.8, 4) is 0 Å². The Labute approximate surface area is 122 Å². The summed E-state index contributed by atoms with van der Waals surface area (Å²) in [4.78, 5) is 23.0. The lowest BCUT2D eigenvalue weighted by atomic mass is 9.94. The normalized spacial score (nSPS) is 28.1. The van der Waals surface area contributed by atoms with Gasteiger partial charge in [0.2, 0.25) is 11.2 Å². The average molecular weight is 297 g/mol. The summed E-state index contributed by atoms with van der Waals surface area (Å²) < 4.78 is 5.42.